The molecule has 1 aliphatic rings. The molecule has 8 nitrogen and oxygen atoms in total. The largest absolute Gasteiger partial charge is 0.438 e. The van der Waals surface area contributed by atoms with E-state index in [-0.39, 0.29) is 0 Å². The van der Waals surface area contributed by atoms with Gasteiger partial charge < -0.3 is 20.1 Å². The fourth-order valence-electron chi connectivity index (χ4n) is 2.96. The van der Waals surface area contributed by atoms with E-state index in [2.05, 4.69) is 20.0 Å². The second-order valence-electron chi connectivity index (χ2n) is 6.43. The molecule has 3 aromatic rings. The summed E-state index contributed by atoms with van der Waals surface area (Å²) in [4.78, 5) is 10.8. The number of morpholine rings is 1. The summed E-state index contributed by atoms with van der Waals surface area (Å²) in [6.45, 7) is 3.21. The first-order chi connectivity index (χ1) is 13.6. The number of nitrogens with zero attached hydrogens (tertiary/aromatic N) is 5. The average molecular weight is 384 g/mol. The first kappa shape index (κ1) is 18.3. The van der Waals surface area contributed by atoms with Crippen molar-refractivity contribution in [2.24, 2.45) is 12.8 Å². The highest BCUT2D eigenvalue weighted by molar-refractivity contribution is 5.64. The summed E-state index contributed by atoms with van der Waals surface area (Å²) >= 11 is 0. The van der Waals surface area contributed by atoms with Crippen LogP contribution in [0.15, 0.2) is 36.7 Å². The van der Waals surface area contributed by atoms with Crippen LogP contribution >= 0.6 is 0 Å². The second kappa shape index (κ2) is 7.91. The molecule has 2 aromatic heterocycles. The summed E-state index contributed by atoms with van der Waals surface area (Å²) in [6, 6.07) is 6.10. The van der Waals surface area contributed by atoms with Crippen LogP contribution in [-0.2, 0) is 18.3 Å². The summed E-state index contributed by atoms with van der Waals surface area (Å²) in [5, 5.41) is 4.50. The molecule has 28 heavy (non-hydrogen) atoms. The van der Waals surface area contributed by atoms with Crippen molar-refractivity contribution in [3.05, 3.63) is 48.0 Å². The number of anilines is 1. The van der Waals surface area contributed by atoms with E-state index in [0.29, 0.717) is 42.8 Å². The van der Waals surface area contributed by atoms with Gasteiger partial charge in [0.25, 0.3) is 0 Å². The number of aryl methyl sites for hydroxylation is 1. The predicted molar refractivity (Wildman–Crippen MR) is 102 cm³/mol. The van der Waals surface area contributed by atoms with E-state index in [0.717, 1.165) is 24.5 Å². The Bertz CT molecular complexity index is 954. The number of hydrogen-bond acceptors (Lipinski definition) is 7. The Balaban J connectivity index is 1.64. The summed E-state index contributed by atoms with van der Waals surface area (Å²) in [5.41, 5.74) is 6.99. The van der Waals surface area contributed by atoms with Gasteiger partial charge in [-0.25, -0.2) is 19.0 Å². The first-order valence-corrected chi connectivity index (χ1v) is 8.99. The van der Waals surface area contributed by atoms with Crippen LogP contribution in [0.3, 0.4) is 0 Å². The van der Waals surface area contributed by atoms with Gasteiger partial charge in [-0.05, 0) is 12.1 Å². The standard InChI is InChI=1S/C19H21FN6O2/c1-25-18(9-17(24-25)26-4-6-27-7-5-26)28-16-8-14(20)2-3-15(16)19-22-11-13(10-21)12-23-19/h2-3,8-9,11-12H,4-7,10,21H2,1H3. The number of benzene rings is 1. The normalized spacial score (nSPS) is 14.3. The molecule has 0 radical (unpaired) electrons. The maximum atomic E-state index is 13.9. The SMILES string of the molecule is Cn1nc(N2CCOCC2)cc1Oc1cc(F)ccc1-c1ncc(CN)cn1. The van der Waals surface area contributed by atoms with E-state index >= 15 is 0 Å². The lowest BCUT2D eigenvalue weighted by molar-refractivity contribution is 0.122. The molecule has 2 N–H and O–H groups in total. The zero-order valence-corrected chi connectivity index (χ0v) is 15.5. The highest BCUT2D eigenvalue weighted by Crippen LogP contribution is 2.33. The van der Waals surface area contributed by atoms with Crippen molar-refractivity contribution in [2.45, 2.75) is 6.54 Å². The van der Waals surface area contributed by atoms with Gasteiger partial charge in [-0.15, -0.1) is 0 Å². The lowest BCUT2D eigenvalue weighted by atomic mass is 10.1. The third-order valence-electron chi connectivity index (χ3n) is 4.50. The zero-order valence-electron chi connectivity index (χ0n) is 15.5. The fraction of sp³-hybridized carbons (Fsp3) is 0.316. The van der Waals surface area contributed by atoms with Crippen LogP contribution < -0.4 is 15.4 Å². The Morgan fingerprint density at radius 2 is 1.93 bits per heavy atom. The third kappa shape index (κ3) is 3.80. The van der Waals surface area contributed by atoms with Gasteiger partial charge in [-0.3, -0.25) is 0 Å². The minimum absolute atomic E-state index is 0.317. The molecule has 0 spiro atoms. The molecule has 0 saturated carbocycles. The number of aromatic nitrogens is 4. The summed E-state index contributed by atoms with van der Waals surface area (Å²) < 4.78 is 26.9. The maximum Gasteiger partial charge on any atom is 0.219 e. The van der Waals surface area contributed by atoms with E-state index in [1.54, 1.807) is 30.2 Å². The van der Waals surface area contributed by atoms with E-state index in [1.165, 1.54) is 12.1 Å². The van der Waals surface area contributed by atoms with Gasteiger partial charge >= 0.3 is 0 Å². The van der Waals surface area contributed by atoms with Gasteiger partial charge in [0.15, 0.2) is 11.6 Å². The summed E-state index contributed by atoms with van der Waals surface area (Å²) in [5.74, 6) is 1.63. The van der Waals surface area contributed by atoms with Gasteiger partial charge in [0.2, 0.25) is 5.88 Å². The topological polar surface area (TPSA) is 91.3 Å². The van der Waals surface area contributed by atoms with Gasteiger partial charge in [0, 0.05) is 56.8 Å². The molecular formula is C19H21FN6O2. The molecule has 1 saturated heterocycles. The average Bonchev–Trinajstić information content (AvgIpc) is 3.09. The van der Waals surface area contributed by atoms with E-state index in [9.17, 15) is 4.39 Å². The second-order valence-corrected chi connectivity index (χ2v) is 6.43. The van der Waals surface area contributed by atoms with Crippen LogP contribution in [0.1, 0.15) is 5.56 Å². The Kier molecular flexibility index (Phi) is 5.18. The van der Waals surface area contributed by atoms with Gasteiger partial charge in [-0.1, -0.05) is 0 Å². The van der Waals surface area contributed by atoms with Crippen molar-refractivity contribution in [1.82, 2.24) is 19.7 Å². The third-order valence-corrected chi connectivity index (χ3v) is 4.50. The monoisotopic (exact) mass is 384 g/mol. The van der Waals surface area contributed by atoms with Crippen LogP contribution in [0.2, 0.25) is 0 Å². The highest BCUT2D eigenvalue weighted by atomic mass is 19.1. The molecule has 0 aliphatic carbocycles. The van der Waals surface area contributed by atoms with E-state index in [4.69, 9.17) is 15.2 Å². The first-order valence-electron chi connectivity index (χ1n) is 8.99. The smallest absolute Gasteiger partial charge is 0.219 e. The predicted octanol–water partition coefficient (Wildman–Crippen LogP) is 2.10. The van der Waals surface area contributed by atoms with Crippen molar-refractivity contribution in [1.29, 1.82) is 0 Å². The molecule has 0 bridgehead atoms. The molecule has 0 unspecified atom stereocenters. The Hall–Kier alpha value is -3.04. The lowest BCUT2D eigenvalue weighted by Gasteiger charge is -2.26. The number of ether oxygens (including phenoxy) is 2. The number of hydrogen-bond donors (Lipinski definition) is 1. The molecular weight excluding hydrogens is 363 g/mol. The molecule has 1 aliphatic heterocycles. The number of halogens is 1. The summed E-state index contributed by atoms with van der Waals surface area (Å²) in [7, 11) is 1.78. The van der Waals surface area contributed by atoms with Crippen LogP contribution in [0.5, 0.6) is 11.6 Å². The van der Waals surface area contributed by atoms with Crippen LogP contribution in [-0.4, -0.2) is 46.1 Å². The Morgan fingerprint density at radius 3 is 2.64 bits per heavy atom. The lowest BCUT2D eigenvalue weighted by Crippen LogP contribution is -2.36. The Labute approximate surface area is 161 Å². The molecule has 1 aromatic carbocycles. The van der Waals surface area contributed by atoms with Crippen LogP contribution in [0.4, 0.5) is 10.2 Å². The number of rotatable bonds is 5. The van der Waals surface area contributed by atoms with Gasteiger partial charge in [0.1, 0.15) is 11.6 Å². The van der Waals surface area contributed by atoms with Crippen molar-refractivity contribution in [3.63, 3.8) is 0 Å². The van der Waals surface area contributed by atoms with Gasteiger partial charge in [-0.2, -0.15) is 5.10 Å². The van der Waals surface area contributed by atoms with Crippen LogP contribution in [0.25, 0.3) is 11.4 Å². The number of nitrogens with two attached hydrogens (primary N) is 1. The van der Waals surface area contributed by atoms with Crippen LogP contribution in [0, 0.1) is 5.82 Å². The van der Waals surface area contributed by atoms with Crippen molar-refractivity contribution < 1.29 is 13.9 Å². The van der Waals surface area contributed by atoms with Gasteiger partial charge in [0.05, 0.1) is 18.8 Å². The molecule has 4 rings (SSSR count). The molecule has 0 amide bonds. The van der Waals surface area contributed by atoms with E-state index in [1.807, 2.05) is 6.07 Å². The highest BCUT2D eigenvalue weighted by Gasteiger charge is 2.18. The summed E-state index contributed by atoms with van der Waals surface area (Å²) in [6.07, 6.45) is 3.30. The molecule has 1 fully saturated rings. The maximum absolute atomic E-state index is 13.9. The molecule has 146 valence electrons. The van der Waals surface area contributed by atoms with Crippen molar-refractivity contribution in [3.8, 4) is 23.0 Å². The molecule has 0 atom stereocenters. The Morgan fingerprint density at radius 1 is 1.18 bits per heavy atom. The fourth-order valence-corrected chi connectivity index (χ4v) is 2.96. The quantitative estimate of drug-likeness (QED) is 0.720. The van der Waals surface area contributed by atoms with E-state index < -0.39 is 5.82 Å². The zero-order chi connectivity index (χ0) is 19.5. The minimum Gasteiger partial charge on any atom is -0.438 e. The van der Waals surface area contributed by atoms with Crippen molar-refractivity contribution >= 4 is 5.82 Å². The van der Waals surface area contributed by atoms with Crippen molar-refractivity contribution in [2.75, 3.05) is 31.2 Å². The molecule has 3 heterocycles. The molecule has 9 heteroatoms. The minimum atomic E-state index is -0.409.